The van der Waals surface area contributed by atoms with Crippen LogP contribution in [0.3, 0.4) is 0 Å². The fraction of sp³-hybridized carbons (Fsp3) is 0.588. The predicted molar refractivity (Wildman–Crippen MR) is 93.5 cm³/mol. The molecule has 3 nitrogen and oxygen atoms in total. The Balaban J connectivity index is 2.04. The van der Waals surface area contributed by atoms with Crippen LogP contribution in [0.2, 0.25) is 0 Å². The second kappa shape index (κ2) is 7.87. The molecule has 1 aromatic rings. The highest BCUT2D eigenvalue weighted by Crippen LogP contribution is 2.26. The molecule has 0 saturated carbocycles. The van der Waals surface area contributed by atoms with Gasteiger partial charge in [-0.15, -0.1) is 0 Å². The van der Waals surface area contributed by atoms with Crippen molar-refractivity contribution in [2.45, 2.75) is 38.8 Å². The maximum absolute atomic E-state index is 5.83. The summed E-state index contributed by atoms with van der Waals surface area (Å²) in [6.07, 6.45) is 1.98. The van der Waals surface area contributed by atoms with Crippen LogP contribution in [0.5, 0.6) is 0 Å². The minimum Gasteiger partial charge on any atom is -0.393 e. The molecule has 0 aromatic heterocycles. The fourth-order valence-electron chi connectivity index (χ4n) is 3.07. The summed E-state index contributed by atoms with van der Waals surface area (Å²) in [4.78, 5) is 5.72. The van der Waals surface area contributed by atoms with Crippen molar-refractivity contribution in [1.82, 2.24) is 9.80 Å². The Bertz CT molecular complexity index is 441. The summed E-state index contributed by atoms with van der Waals surface area (Å²) in [7, 11) is 0. The molecule has 1 fully saturated rings. The van der Waals surface area contributed by atoms with Gasteiger partial charge in [0.15, 0.2) is 0 Å². The van der Waals surface area contributed by atoms with Crippen molar-refractivity contribution in [3.05, 3.63) is 35.9 Å². The fourth-order valence-corrected chi connectivity index (χ4v) is 3.23. The van der Waals surface area contributed by atoms with Gasteiger partial charge in [0.2, 0.25) is 0 Å². The van der Waals surface area contributed by atoms with Crippen molar-refractivity contribution in [3.8, 4) is 0 Å². The van der Waals surface area contributed by atoms with Crippen LogP contribution < -0.4 is 5.73 Å². The first-order valence-electron chi connectivity index (χ1n) is 7.93. The lowest BCUT2D eigenvalue weighted by Crippen LogP contribution is -2.50. The van der Waals surface area contributed by atoms with Crippen molar-refractivity contribution in [3.63, 3.8) is 0 Å². The van der Waals surface area contributed by atoms with E-state index >= 15 is 0 Å². The molecule has 2 unspecified atom stereocenters. The average Bonchev–Trinajstić information content (AvgIpc) is 2.53. The zero-order valence-corrected chi connectivity index (χ0v) is 14.0. The third-order valence-corrected chi connectivity index (χ3v) is 4.75. The molecule has 1 aliphatic rings. The van der Waals surface area contributed by atoms with E-state index in [0.717, 1.165) is 32.6 Å². The summed E-state index contributed by atoms with van der Waals surface area (Å²) in [5.74, 6) is 0. The Kier molecular flexibility index (Phi) is 6.15. The van der Waals surface area contributed by atoms with E-state index in [9.17, 15) is 0 Å². The van der Waals surface area contributed by atoms with E-state index in [0.29, 0.717) is 17.1 Å². The molecule has 0 aliphatic carbocycles. The Labute approximate surface area is 134 Å². The van der Waals surface area contributed by atoms with Crippen LogP contribution in [0.25, 0.3) is 0 Å². The number of hydrogen-bond donors (Lipinski definition) is 1. The maximum atomic E-state index is 5.83. The van der Waals surface area contributed by atoms with Crippen molar-refractivity contribution < 1.29 is 0 Å². The molecule has 2 atom stereocenters. The standard InChI is InChI=1S/C17H27N3S/c1-3-14(2)19-9-11-20(12-10-19)16(13-17(18)21)15-7-5-4-6-8-15/h4-8,14,16H,3,9-13H2,1-2H3,(H2,18,21). The molecule has 1 heterocycles. The first kappa shape index (κ1) is 16.4. The van der Waals surface area contributed by atoms with Gasteiger partial charge in [-0.3, -0.25) is 9.80 Å². The molecule has 2 N–H and O–H groups in total. The van der Waals surface area contributed by atoms with Crippen molar-refractivity contribution in [2.75, 3.05) is 26.2 Å². The highest BCUT2D eigenvalue weighted by molar-refractivity contribution is 7.80. The second-order valence-corrected chi connectivity index (χ2v) is 6.45. The highest BCUT2D eigenvalue weighted by Gasteiger charge is 2.26. The average molecular weight is 305 g/mol. The zero-order valence-electron chi connectivity index (χ0n) is 13.2. The van der Waals surface area contributed by atoms with Crippen molar-refractivity contribution in [1.29, 1.82) is 0 Å². The molecular weight excluding hydrogens is 278 g/mol. The van der Waals surface area contributed by atoms with E-state index in [2.05, 4.69) is 54.0 Å². The summed E-state index contributed by atoms with van der Waals surface area (Å²) in [5, 5.41) is 0. The first-order chi connectivity index (χ1) is 10.1. The summed E-state index contributed by atoms with van der Waals surface area (Å²) >= 11 is 5.17. The van der Waals surface area contributed by atoms with E-state index in [4.69, 9.17) is 18.0 Å². The van der Waals surface area contributed by atoms with Crippen LogP contribution >= 0.6 is 12.2 Å². The Hall–Kier alpha value is -0.970. The Morgan fingerprint density at radius 3 is 2.24 bits per heavy atom. The molecule has 0 amide bonds. The SMILES string of the molecule is CCC(C)N1CCN(C(CC(N)=S)c2ccccc2)CC1. The molecule has 1 saturated heterocycles. The smallest absolute Gasteiger partial charge is 0.0746 e. The van der Waals surface area contributed by atoms with E-state index in [-0.39, 0.29) is 0 Å². The first-order valence-corrected chi connectivity index (χ1v) is 8.34. The molecule has 21 heavy (non-hydrogen) atoms. The van der Waals surface area contributed by atoms with Crippen LogP contribution in [0.4, 0.5) is 0 Å². The normalized spacial score (nSPS) is 20.1. The minimum atomic E-state index is 0.322. The monoisotopic (exact) mass is 305 g/mol. The summed E-state index contributed by atoms with van der Waals surface area (Å²) in [6, 6.07) is 11.6. The van der Waals surface area contributed by atoms with Crippen molar-refractivity contribution in [2.24, 2.45) is 5.73 Å². The minimum absolute atomic E-state index is 0.322. The summed E-state index contributed by atoms with van der Waals surface area (Å²) in [5.41, 5.74) is 7.15. The molecule has 1 aromatic carbocycles. The zero-order chi connectivity index (χ0) is 15.2. The highest BCUT2D eigenvalue weighted by atomic mass is 32.1. The van der Waals surface area contributed by atoms with Crippen LogP contribution in [0.1, 0.15) is 38.3 Å². The molecule has 2 rings (SSSR count). The van der Waals surface area contributed by atoms with Gasteiger partial charge in [-0.2, -0.15) is 0 Å². The lowest BCUT2D eigenvalue weighted by Gasteiger charge is -2.41. The van der Waals surface area contributed by atoms with Gasteiger partial charge in [0.05, 0.1) is 4.99 Å². The van der Waals surface area contributed by atoms with Gasteiger partial charge in [-0.25, -0.2) is 0 Å². The van der Waals surface area contributed by atoms with Crippen LogP contribution in [-0.2, 0) is 0 Å². The molecule has 0 radical (unpaired) electrons. The topological polar surface area (TPSA) is 32.5 Å². The van der Waals surface area contributed by atoms with Gasteiger partial charge in [-0.1, -0.05) is 49.5 Å². The molecule has 4 heteroatoms. The Morgan fingerprint density at radius 1 is 1.14 bits per heavy atom. The molecular formula is C17H27N3S. The van der Waals surface area contributed by atoms with Gasteiger partial charge < -0.3 is 5.73 Å². The number of hydrogen-bond acceptors (Lipinski definition) is 3. The van der Waals surface area contributed by atoms with Crippen molar-refractivity contribution >= 4 is 17.2 Å². The molecule has 0 bridgehead atoms. The lowest BCUT2D eigenvalue weighted by molar-refractivity contribution is 0.0740. The van der Waals surface area contributed by atoms with E-state index in [1.54, 1.807) is 0 Å². The van der Waals surface area contributed by atoms with Crippen LogP contribution in [-0.4, -0.2) is 47.0 Å². The number of piperazine rings is 1. The molecule has 116 valence electrons. The summed E-state index contributed by atoms with van der Waals surface area (Å²) < 4.78 is 0. The summed E-state index contributed by atoms with van der Waals surface area (Å²) in [6.45, 7) is 9.03. The molecule has 1 aliphatic heterocycles. The van der Waals surface area contributed by atoms with E-state index < -0.39 is 0 Å². The predicted octanol–water partition coefficient (Wildman–Crippen LogP) is 2.82. The second-order valence-electron chi connectivity index (χ2n) is 5.93. The third-order valence-electron chi connectivity index (χ3n) is 4.58. The lowest BCUT2D eigenvalue weighted by atomic mass is 10.0. The Morgan fingerprint density at radius 2 is 1.71 bits per heavy atom. The van der Waals surface area contributed by atoms with Gasteiger partial charge in [0.25, 0.3) is 0 Å². The quantitative estimate of drug-likeness (QED) is 0.819. The number of nitrogens with two attached hydrogens (primary N) is 1. The van der Waals surface area contributed by atoms with Gasteiger partial charge in [0.1, 0.15) is 0 Å². The molecule has 0 spiro atoms. The third kappa shape index (κ3) is 4.50. The number of nitrogens with zero attached hydrogens (tertiary/aromatic N) is 2. The van der Waals surface area contributed by atoms with E-state index in [1.165, 1.54) is 12.0 Å². The number of benzene rings is 1. The van der Waals surface area contributed by atoms with Gasteiger partial charge in [0, 0.05) is 44.7 Å². The van der Waals surface area contributed by atoms with Crippen LogP contribution in [0, 0.1) is 0 Å². The number of thiocarbonyl (C=S) groups is 1. The van der Waals surface area contributed by atoms with Crippen LogP contribution in [0.15, 0.2) is 30.3 Å². The maximum Gasteiger partial charge on any atom is 0.0746 e. The van der Waals surface area contributed by atoms with E-state index in [1.807, 2.05) is 0 Å². The largest absolute Gasteiger partial charge is 0.393 e. The number of rotatable bonds is 6. The van der Waals surface area contributed by atoms with Gasteiger partial charge >= 0.3 is 0 Å². The van der Waals surface area contributed by atoms with Gasteiger partial charge in [-0.05, 0) is 18.9 Å².